The molecule has 27 heavy (non-hydrogen) atoms. The van der Waals surface area contributed by atoms with Crippen molar-refractivity contribution in [3.63, 3.8) is 0 Å². The third kappa shape index (κ3) is 4.03. The Morgan fingerprint density at radius 2 is 2.04 bits per heavy atom. The van der Waals surface area contributed by atoms with Gasteiger partial charge in [0.1, 0.15) is 5.01 Å². The highest BCUT2D eigenvalue weighted by Crippen LogP contribution is 2.36. The van der Waals surface area contributed by atoms with Crippen LogP contribution in [-0.2, 0) is 16.0 Å². The topological polar surface area (TPSA) is 75.2 Å². The number of aryl methyl sites for hydroxylation is 1. The van der Waals surface area contributed by atoms with Gasteiger partial charge in [0.05, 0.1) is 0 Å². The first-order valence-electron chi connectivity index (χ1n) is 9.38. The number of aromatic nitrogens is 2. The van der Waals surface area contributed by atoms with Gasteiger partial charge in [-0.2, -0.15) is 0 Å². The van der Waals surface area contributed by atoms with Crippen molar-refractivity contribution >= 4 is 34.0 Å². The van der Waals surface area contributed by atoms with E-state index in [1.165, 1.54) is 16.9 Å². The summed E-state index contributed by atoms with van der Waals surface area (Å²) >= 11 is 1.36. The van der Waals surface area contributed by atoms with Crippen molar-refractivity contribution in [1.82, 2.24) is 10.2 Å². The predicted molar refractivity (Wildman–Crippen MR) is 108 cm³/mol. The van der Waals surface area contributed by atoms with Gasteiger partial charge in [-0.15, -0.1) is 10.2 Å². The molecule has 7 heteroatoms. The first-order chi connectivity index (χ1) is 12.9. The van der Waals surface area contributed by atoms with Crippen LogP contribution in [0.5, 0.6) is 0 Å². The van der Waals surface area contributed by atoms with Crippen molar-refractivity contribution in [2.24, 2.45) is 5.41 Å². The molecule has 1 saturated heterocycles. The van der Waals surface area contributed by atoms with E-state index in [4.69, 9.17) is 0 Å². The van der Waals surface area contributed by atoms with Crippen LogP contribution >= 0.6 is 11.3 Å². The zero-order valence-corrected chi connectivity index (χ0v) is 17.1. The first-order valence-corrected chi connectivity index (χ1v) is 10.2. The van der Waals surface area contributed by atoms with Crippen molar-refractivity contribution in [1.29, 1.82) is 0 Å². The Morgan fingerprint density at radius 1 is 1.30 bits per heavy atom. The maximum absolute atomic E-state index is 12.6. The number of hydrogen-bond acceptors (Lipinski definition) is 5. The van der Waals surface area contributed by atoms with E-state index in [9.17, 15) is 9.59 Å². The molecular weight excluding hydrogens is 360 g/mol. The van der Waals surface area contributed by atoms with Crippen LogP contribution < -0.4 is 10.2 Å². The quantitative estimate of drug-likeness (QED) is 0.814. The molecule has 1 aliphatic rings. The normalized spacial score (nSPS) is 17.4. The average Bonchev–Trinajstić information content (AvgIpc) is 3.28. The first kappa shape index (κ1) is 19.5. The van der Waals surface area contributed by atoms with E-state index in [0.29, 0.717) is 18.1 Å². The molecule has 1 aromatic heterocycles. The molecule has 3 rings (SSSR count). The molecule has 144 valence electrons. The van der Waals surface area contributed by atoms with Gasteiger partial charge >= 0.3 is 0 Å². The van der Waals surface area contributed by atoms with Crippen molar-refractivity contribution < 1.29 is 9.59 Å². The minimum atomic E-state index is -0.449. The molecule has 6 nitrogen and oxygen atoms in total. The molecule has 1 N–H and O–H groups in total. The maximum atomic E-state index is 12.6. The maximum Gasteiger partial charge on any atom is 0.231 e. The number of nitrogens with one attached hydrogen (secondary N) is 1. The van der Waals surface area contributed by atoms with Gasteiger partial charge in [0.2, 0.25) is 16.9 Å². The van der Waals surface area contributed by atoms with Crippen LogP contribution in [0.25, 0.3) is 0 Å². The Morgan fingerprint density at radius 3 is 2.74 bits per heavy atom. The fraction of sp³-hybridized carbons (Fsp3) is 0.500. The molecule has 1 aliphatic heterocycles. The lowest BCUT2D eigenvalue weighted by Crippen LogP contribution is -2.29. The van der Waals surface area contributed by atoms with E-state index in [1.807, 2.05) is 43.9 Å². The third-order valence-corrected chi connectivity index (χ3v) is 6.30. The smallest absolute Gasteiger partial charge is 0.231 e. The second-order valence-electron chi connectivity index (χ2n) is 7.52. The second-order valence-corrected chi connectivity index (χ2v) is 8.53. The largest absolute Gasteiger partial charge is 0.311 e. The number of para-hydroxylation sites is 1. The summed E-state index contributed by atoms with van der Waals surface area (Å²) < 4.78 is 0. The lowest BCUT2D eigenvalue weighted by Gasteiger charge is -2.20. The van der Waals surface area contributed by atoms with Crippen molar-refractivity contribution in [2.75, 3.05) is 16.8 Å². The number of carbonyl (C=O) groups excluding carboxylic acids is 2. The molecule has 0 unspecified atom stereocenters. The number of carbonyl (C=O) groups is 2. The number of nitrogens with zero attached hydrogens (tertiary/aromatic N) is 3. The summed E-state index contributed by atoms with van der Waals surface area (Å²) in [6.07, 6.45) is 2.04. The van der Waals surface area contributed by atoms with Crippen LogP contribution in [0.1, 0.15) is 57.0 Å². The van der Waals surface area contributed by atoms with E-state index in [-0.39, 0.29) is 17.7 Å². The third-order valence-electron chi connectivity index (χ3n) is 5.30. The highest BCUT2D eigenvalue weighted by atomic mass is 32.1. The second kappa shape index (κ2) is 7.76. The summed E-state index contributed by atoms with van der Waals surface area (Å²) in [6.45, 7) is 8.48. The van der Waals surface area contributed by atoms with Crippen LogP contribution in [-0.4, -0.2) is 28.6 Å². The van der Waals surface area contributed by atoms with Crippen molar-refractivity contribution in [3.8, 4) is 0 Å². The van der Waals surface area contributed by atoms with Gasteiger partial charge in [-0.3, -0.25) is 9.59 Å². The van der Waals surface area contributed by atoms with E-state index in [0.717, 1.165) is 23.5 Å². The van der Waals surface area contributed by atoms with Crippen LogP contribution in [0.15, 0.2) is 24.3 Å². The lowest BCUT2D eigenvalue weighted by molar-refractivity contribution is -0.124. The zero-order chi connectivity index (χ0) is 19.6. The van der Waals surface area contributed by atoms with Crippen molar-refractivity contribution in [3.05, 3.63) is 34.8 Å². The molecule has 0 radical (unpaired) electrons. The Balaban J connectivity index is 1.73. The standard InChI is InChI=1S/C20H26N4O2S/c1-5-13-9-7-8-10-15(13)24-12-14(11-16(24)25)17-22-23-19(27-17)21-18(26)20(3,4)6-2/h7-10,14H,5-6,11-12H2,1-4H3,(H,21,23,26)/t14-/m0/s1. The average molecular weight is 387 g/mol. The molecule has 2 amide bonds. The summed E-state index contributed by atoms with van der Waals surface area (Å²) in [5.41, 5.74) is 1.70. The highest BCUT2D eigenvalue weighted by molar-refractivity contribution is 7.15. The van der Waals surface area contributed by atoms with Crippen LogP contribution in [0.2, 0.25) is 0 Å². The molecule has 0 saturated carbocycles. The number of rotatable bonds is 6. The molecule has 0 aliphatic carbocycles. The van der Waals surface area contributed by atoms with Crippen molar-refractivity contribution in [2.45, 2.75) is 52.9 Å². The van der Waals surface area contributed by atoms with Gasteiger partial charge < -0.3 is 10.2 Å². The van der Waals surface area contributed by atoms with Gasteiger partial charge in [-0.25, -0.2) is 0 Å². The number of hydrogen-bond donors (Lipinski definition) is 1. The summed E-state index contributed by atoms with van der Waals surface area (Å²) in [5.74, 6) is 0.0484. The summed E-state index contributed by atoms with van der Waals surface area (Å²) in [4.78, 5) is 26.8. The van der Waals surface area contributed by atoms with Gasteiger partial charge in [-0.1, -0.05) is 57.2 Å². The van der Waals surface area contributed by atoms with Crippen LogP contribution in [0.3, 0.4) is 0 Å². The molecule has 1 atom stereocenters. The zero-order valence-electron chi connectivity index (χ0n) is 16.3. The van der Waals surface area contributed by atoms with E-state index < -0.39 is 5.41 Å². The fourth-order valence-electron chi connectivity index (χ4n) is 3.06. The minimum Gasteiger partial charge on any atom is -0.311 e. The monoisotopic (exact) mass is 386 g/mol. The minimum absolute atomic E-state index is 0.00440. The van der Waals surface area contributed by atoms with Gasteiger partial charge in [-0.05, 0) is 24.5 Å². The molecule has 1 fully saturated rings. The summed E-state index contributed by atoms with van der Waals surface area (Å²) in [6, 6.07) is 8.02. The van der Waals surface area contributed by atoms with E-state index >= 15 is 0 Å². The number of amides is 2. The highest BCUT2D eigenvalue weighted by Gasteiger charge is 2.35. The van der Waals surface area contributed by atoms with Gasteiger partial charge in [0, 0.05) is 30.0 Å². The summed E-state index contributed by atoms with van der Waals surface area (Å²) in [7, 11) is 0. The number of anilines is 2. The Kier molecular flexibility index (Phi) is 5.60. The SMILES string of the molecule is CCc1ccccc1N1C[C@@H](c2nnc(NC(=O)C(C)(C)CC)s2)CC1=O. The predicted octanol–water partition coefficient (Wildman–Crippen LogP) is 4.00. The fourth-order valence-corrected chi connectivity index (χ4v) is 3.89. The van der Waals surface area contributed by atoms with Gasteiger partial charge in [0.25, 0.3) is 0 Å². The lowest BCUT2D eigenvalue weighted by atomic mass is 9.89. The van der Waals surface area contributed by atoms with E-state index in [1.54, 1.807) is 0 Å². The van der Waals surface area contributed by atoms with Crippen LogP contribution in [0.4, 0.5) is 10.8 Å². The molecule has 0 bridgehead atoms. The molecule has 1 aromatic carbocycles. The van der Waals surface area contributed by atoms with Gasteiger partial charge in [0.15, 0.2) is 0 Å². The molecule has 2 heterocycles. The summed E-state index contributed by atoms with van der Waals surface area (Å²) in [5, 5.41) is 12.5. The molecule has 2 aromatic rings. The van der Waals surface area contributed by atoms with Crippen LogP contribution in [0, 0.1) is 5.41 Å². The molecule has 0 spiro atoms. The Hall–Kier alpha value is -2.28. The number of benzene rings is 1. The Bertz CT molecular complexity index is 846. The molecular formula is C20H26N4O2S. The Labute approximate surface area is 164 Å². The van der Waals surface area contributed by atoms with E-state index in [2.05, 4.69) is 28.5 Å².